The molecule has 0 heterocycles. The van der Waals surface area contributed by atoms with Crippen LogP contribution in [0.5, 0.6) is 5.75 Å². The summed E-state index contributed by atoms with van der Waals surface area (Å²) in [4.78, 5) is 0. The average Bonchev–Trinajstić information content (AvgIpc) is 2.48. The number of nitrogens with one attached hydrogen (secondary N) is 1. The van der Waals surface area contributed by atoms with Crippen molar-refractivity contribution in [1.29, 1.82) is 5.26 Å². The van der Waals surface area contributed by atoms with Gasteiger partial charge in [0.15, 0.2) is 0 Å². The molecular weight excluding hydrogens is 272 g/mol. The van der Waals surface area contributed by atoms with E-state index in [2.05, 4.69) is 11.4 Å². The maximum Gasteiger partial charge on any atom is 0.140 e. The number of hydrogen-bond donors (Lipinski definition) is 1. The van der Waals surface area contributed by atoms with Crippen LogP contribution in [0, 0.1) is 11.3 Å². The molecule has 0 aromatic heterocycles. The topological polar surface area (TPSA) is 45.0 Å². The first-order chi connectivity index (χ1) is 9.74. The van der Waals surface area contributed by atoms with Gasteiger partial charge >= 0.3 is 0 Å². The first-order valence-corrected chi connectivity index (χ1v) is 6.76. The van der Waals surface area contributed by atoms with E-state index in [1.54, 1.807) is 6.07 Å². The van der Waals surface area contributed by atoms with Crippen molar-refractivity contribution < 1.29 is 4.74 Å². The van der Waals surface area contributed by atoms with Gasteiger partial charge in [-0.1, -0.05) is 35.9 Å². The van der Waals surface area contributed by atoms with Gasteiger partial charge in [-0.3, -0.25) is 0 Å². The summed E-state index contributed by atoms with van der Waals surface area (Å²) in [5.74, 6) is 0.797. The number of nitriles is 1. The lowest BCUT2D eigenvalue weighted by Crippen LogP contribution is -2.08. The number of rotatable bonds is 5. The molecule has 0 saturated heterocycles. The largest absolute Gasteiger partial charge is 0.494 e. The quantitative estimate of drug-likeness (QED) is 0.885. The van der Waals surface area contributed by atoms with E-state index in [0.29, 0.717) is 11.6 Å². The Labute approximate surface area is 123 Å². The van der Waals surface area contributed by atoms with Crippen LogP contribution >= 0.6 is 11.6 Å². The molecule has 2 aromatic carbocycles. The fourth-order valence-electron chi connectivity index (χ4n) is 1.85. The van der Waals surface area contributed by atoms with Crippen LogP contribution in [0.25, 0.3) is 0 Å². The molecule has 0 amide bonds. The maximum atomic E-state index is 9.32. The smallest absolute Gasteiger partial charge is 0.140 e. The van der Waals surface area contributed by atoms with E-state index >= 15 is 0 Å². The Morgan fingerprint density at radius 2 is 1.90 bits per heavy atom. The number of halogens is 1. The predicted octanol–water partition coefficient (Wildman–Crippen LogP) is 4.42. The van der Waals surface area contributed by atoms with Crippen LogP contribution in [-0.4, -0.2) is 6.61 Å². The Hall–Kier alpha value is -2.18. The number of hydrogen-bond acceptors (Lipinski definition) is 3. The molecule has 0 radical (unpaired) electrons. The van der Waals surface area contributed by atoms with E-state index in [9.17, 15) is 5.26 Å². The fraction of sp³-hybridized carbons (Fsp3) is 0.188. The van der Waals surface area contributed by atoms with E-state index < -0.39 is 6.04 Å². The van der Waals surface area contributed by atoms with Crippen molar-refractivity contribution >= 4 is 17.3 Å². The van der Waals surface area contributed by atoms with Crippen molar-refractivity contribution in [2.24, 2.45) is 0 Å². The van der Waals surface area contributed by atoms with E-state index in [4.69, 9.17) is 16.3 Å². The molecule has 0 saturated carbocycles. The molecule has 0 fully saturated rings. The summed E-state index contributed by atoms with van der Waals surface area (Å²) in [6.07, 6.45) is 0. The highest BCUT2D eigenvalue weighted by atomic mass is 35.5. The summed E-state index contributed by atoms with van der Waals surface area (Å²) in [5, 5.41) is 13.0. The second-order valence-electron chi connectivity index (χ2n) is 4.19. The van der Waals surface area contributed by atoms with Gasteiger partial charge in [-0.05, 0) is 36.8 Å². The molecule has 2 rings (SSSR count). The Morgan fingerprint density at radius 1 is 1.20 bits per heavy atom. The van der Waals surface area contributed by atoms with E-state index in [0.717, 1.165) is 17.0 Å². The van der Waals surface area contributed by atoms with Crippen LogP contribution in [0.3, 0.4) is 0 Å². The molecule has 20 heavy (non-hydrogen) atoms. The minimum atomic E-state index is -0.453. The van der Waals surface area contributed by atoms with Crippen LogP contribution in [0.1, 0.15) is 18.5 Å². The van der Waals surface area contributed by atoms with Crippen LogP contribution in [0.15, 0.2) is 48.5 Å². The molecule has 4 heteroatoms. The van der Waals surface area contributed by atoms with Gasteiger partial charge in [-0.25, -0.2) is 0 Å². The lowest BCUT2D eigenvalue weighted by molar-refractivity contribution is 0.340. The average molecular weight is 287 g/mol. The molecule has 3 nitrogen and oxygen atoms in total. The van der Waals surface area contributed by atoms with Crippen molar-refractivity contribution in [2.45, 2.75) is 13.0 Å². The number of nitrogens with zero attached hydrogens (tertiary/aromatic N) is 1. The minimum absolute atomic E-state index is 0.453. The summed E-state index contributed by atoms with van der Waals surface area (Å²) >= 11 is 6.09. The Balaban J connectivity index is 2.16. The second-order valence-corrected chi connectivity index (χ2v) is 4.60. The maximum absolute atomic E-state index is 9.32. The van der Waals surface area contributed by atoms with E-state index in [1.165, 1.54) is 0 Å². The van der Waals surface area contributed by atoms with Crippen molar-refractivity contribution in [3.8, 4) is 11.8 Å². The molecule has 1 atom stereocenters. The first kappa shape index (κ1) is 14.2. The molecule has 0 aliphatic rings. The van der Waals surface area contributed by atoms with Gasteiger partial charge in [0, 0.05) is 0 Å². The Morgan fingerprint density at radius 3 is 2.50 bits per heavy atom. The van der Waals surface area contributed by atoms with Gasteiger partial charge in [0.05, 0.1) is 23.4 Å². The van der Waals surface area contributed by atoms with Crippen LogP contribution in [0.4, 0.5) is 5.69 Å². The zero-order valence-electron chi connectivity index (χ0n) is 11.1. The summed E-state index contributed by atoms with van der Waals surface area (Å²) in [5.41, 5.74) is 1.62. The predicted molar refractivity (Wildman–Crippen MR) is 81.0 cm³/mol. The van der Waals surface area contributed by atoms with Crippen molar-refractivity contribution in [1.82, 2.24) is 0 Å². The monoisotopic (exact) mass is 286 g/mol. The third kappa shape index (κ3) is 3.43. The molecule has 0 aliphatic carbocycles. The first-order valence-electron chi connectivity index (χ1n) is 6.38. The zero-order valence-corrected chi connectivity index (χ0v) is 11.9. The Kier molecular flexibility index (Phi) is 4.86. The molecule has 2 aromatic rings. The van der Waals surface area contributed by atoms with Gasteiger partial charge in [0.2, 0.25) is 0 Å². The van der Waals surface area contributed by atoms with Gasteiger partial charge in [-0.15, -0.1) is 0 Å². The normalized spacial score (nSPS) is 11.4. The summed E-state index contributed by atoms with van der Waals surface area (Å²) < 4.78 is 5.39. The highest BCUT2D eigenvalue weighted by molar-refractivity contribution is 6.33. The molecule has 0 aliphatic heterocycles. The second kappa shape index (κ2) is 6.83. The number of benzene rings is 2. The van der Waals surface area contributed by atoms with Gasteiger partial charge in [0.25, 0.3) is 0 Å². The molecular formula is C16H15ClN2O. The van der Waals surface area contributed by atoms with Crippen LogP contribution in [-0.2, 0) is 0 Å². The Bertz CT molecular complexity index is 605. The van der Waals surface area contributed by atoms with Crippen molar-refractivity contribution in [3.63, 3.8) is 0 Å². The van der Waals surface area contributed by atoms with Gasteiger partial charge < -0.3 is 10.1 Å². The number of ether oxygens (including phenoxy) is 1. The third-order valence-electron chi connectivity index (χ3n) is 2.83. The molecule has 1 N–H and O–H groups in total. The summed E-state index contributed by atoms with van der Waals surface area (Å²) in [7, 11) is 0. The minimum Gasteiger partial charge on any atom is -0.494 e. The van der Waals surface area contributed by atoms with Crippen LogP contribution in [0.2, 0.25) is 5.02 Å². The van der Waals surface area contributed by atoms with Gasteiger partial charge in [-0.2, -0.15) is 5.26 Å². The number of anilines is 1. The number of para-hydroxylation sites is 1. The molecule has 0 spiro atoms. The van der Waals surface area contributed by atoms with E-state index in [1.807, 2.05) is 49.4 Å². The lowest BCUT2D eigenvalue weighted by Gasteiger charge is -2.15. The van der Waals surface area contributed by atoms with E-state index in [-0.39, 0.29) is 0 Å². The third-order valence-corrected chi connectivity index (χ3v) is 3.16. The molecule has 0 bridgehead atoms. The summed E-state index contributed by atoms with van der Waals surface area (Å²) in [6.45, 7) is 2.56. The lowest BCUT2D eigenvalue weighted by atomic mass is 10.1. The zero-order chi connectivity index (χ0) is 14.4. The molecule has 1 unspecified atom stereocenters. The van der Waals surface area contributed by atoms with Crippen molar-refractivity contribution in [2.75, 3.05) is 11.9 Å². The highest BCUT2D eigenvalue weighted by Gasteiger charge is 2.11. The SMILES string of the molecule is CCOc1ccc(C(C#N)Nc2ccccc2Cl)cc1. The molecule has 102 valence electrons. The highest BCUT2D eigenvalue weighted by Crippen LogP contribution is 2.26. The van der Waals surface area contributed by atoms with Crippen LogP contribution < -0.4 is 10.1 Å². The standard InChI is InChI=1S/C16H15ClN2O/c1-2-20-13-9-7-12(8-10-13)16(11-18)19-15-6-4-3-5-14(15)17/h3-10,16,19H,2H2,1H3. The van der Waals surface area contributed by atoms with Crippen molar-refractivity contribution in [3.05, 3.63) is 59.1 Å². The summed E-state index contributed by atoms with van der Waals surface area (Å²) in [6, 6.07) is 16.6. The van der Waals surface area contributed by atoms with Gasteiger partial charge in [0.1, 0.15) is 11.8 Å². The fourth-order valence-corrected chi connectivity index (χ4v) is 2.04.